The standard InChI is InChI=1S/C15H26N2O4/c1-15(13(18)19)5-7-17(8-6-15)14(20)16(2)11-12-3-9-21-10-4-12/h12H,3-11H2,1-2H3,(H,18,19). The third-order valence-corrected chi connectivity index (χ3v) is 4.85. The van der Waals surface area contributed by atoms with Crippen LogP contribution in [0.1, 0.15) is 32.6 Å². The van der Waals surface area contributed by atoms with Crippen molar-refractivity contribution in [1.29, 1.82) is 0 Å². The maximum absolute atomic E-state index is 12.4. The molecule has 0 saturated carbocycles. The molecular formula is C15H26N2O4. The van der Waals surface area contributed by atoms with E-state index in [0.29, 0.717) is 31.8 Å². The Hall–Kier alpha value is -1.30. The van der Waals surface area contributed by atoms with Gasteiger partial charge in [0.25, 0.3) is 0 Å². The van der Waals surface area contributed by atoms with Crippen LogP contribution < -0.4 is 0 Å². The molecular weight excluding hydrogens is 272 g/mol. The van der Waals surface area contributed by atoms with E-state index in [-0.39, 0.29) is 6.03 Å². The zero-order valence-corrected chi connectivity index (χ0v) is 13.0. The molecule has 2 fully saturated rings. The minimum absolute atomic E-state index is 0.0222. The molecule has 2 aliphatic heterocycles. The summed E-state index contributed by atoms with van der Waals surface area (Å²) in [5.41, 5.74) is -0.684. The molecule has 6 heteroatoms. The van der Waals surface area contributed by atoms with Crippen LogP contribution in [0.15, 0.2) is 0 Å². The van der Waals surface area contributed by atoms with E-state index in [9.17, 15) is 14.7 Å². The molecule has 0 aromatic heterocycles. The van der Waals surface area contributed by atoms with Gasteiger partial charge in [-0.2, -0.15) is 0 Å². The van der Waals surface area contributed by atoms with Crippen molar-refractivity contribution in [2.24, 2.45) is 11.3 Å². The van der Waals surface area contributed by atoms with Crippen molar-refractivity contribution in [3.05, 3.63) is 0 Å². The van der Waals surface area contributed by atoms with Crippen molar-refractivity contribution in [1.82, 2.24) is 9.80 Å². The van der Waals surface area contributed by atoms with E-state index >= 15 is 0 Å². The molecule has 1 N–H and O–H groups in total. The summed E-state index contributed by atoms with van der Waals surface area (Å²) in [4.78, 5) is 27.2. The van der Waals surface area contributed by atoms with E-state index in [1.165, 1.54) is 0 Å². The maximum Gasteiger partial charge on any atom is 0.319 e. The van der Waals surface area contributed by atoms with E-state index < -0.39 is 11.4 Å². The Morgan fingerprint density at radius 3 is 2.38 bits per heavy atom. The molecule has 0 aliphatic carbocycles. The number of piperidine rings is 1. The third kappa shape index (κ3) is 3.87. The highest BCUT2D eigenvalue weighted by Gasteiger charge is 2.38. The molecule has 2 amide bonds. The van der Waals surface area contributed by atoms with Gasteiger partial charge in [0.2, 0.25) is 0 Å². The van der Waals surface area contributed by atoms with E-state index in [4.69, 9.17) is 4.74 Å². The summed E-state index contributed by atoms with van der Waals surface area (Å²) >= 11 is 0. The maximum atomic E-state index is 12.4. The van der Waals surface area contributed by atoms with Gasteiger partial charge in [0.1, 0.15) is 0 Å². The monoisotopic (exact) mass is 298 g/mol. The minimum Gasteiger partial charge on any atom is -0.481 e. The van der Waals surface area contributed by atoms with Crippen molar-refractivity contribution in [3.63, 3.8) is 0 Å². The number of amides is 2. The van der Waals surface area contributed by atoms with Gasteiger partial charge >= 0.3 is 12.0 Å². The number of ether oxygens (including phenoxy) is 1. The summed E-state index contributed by atoms with van der Waals surface area (Å²) in [6.07, 6.45) is 3.07. The number of urea groups is 1. The fourth-order valence-electron chi connectivity index (χ4n) is 3.04. The van der Waals surface area contributed by atoms with E-state index in [2.05, 4.69) is 0 Å². The van der Waals surface area contributed by atoms with Crippen LogP contribution >= 0.6 is 0 Å². The SMILES string of the molecule is CN(CC1CCOCC1)C(=O)N1CCC(C)(C(=O)O)CC1. The van der Waals surface area contributed by atoms with Gasteiger partial charge in [-0.25, -0.2) is 4.79 Å². The van der Waals surface area contributed by atoms with Crippen LogP contribution in [0.5, 0.6) is 0 Å². The molecule has 2 saturated heterocycles. The van der Waals surface area contributed by atoms with Crippen molar-refractivity contribution >= 4 is 12.0 Å². The predicted octanol–water partition coefficient (Wildman–Crippen LogP) is 1.65. The summed E-state index contributed by atoms with van der Waals surface area (Å²) in [5.74, 6) is -0.244. The molecule has 0 unspecified atom stereocenters. The van der Waals surface area contributed by atoms with Crippen LogP contribution in [0.2, 0.25) is 0 Å². The van der Waals surface area contributed by atoms with Crippen molar-refractivity contribution in [2.45, 2.75) is 32.6 Å². The average Bonchev–Trinajstić information content (AvgIpc) is 2.48. The number of likely N-dealkylation sites (tertiary alicyclic amines) is 1. The Kier molecular flexibility index (Phi) is 5.08. The van der Waals surface area contributed by atoms with Gasteiger partial charge in [-0.1, -0.05) is 0 Å². The van der Waals surface area contributed by atoms with Gasteiger partial charge in [0.05, 0.1) is 5.41 Å². The number of rotatable bonds is 3. The minimum atomic E-state index is -0.759. The fraction of sp³-hybridized carbons (Fsp3) is 0.867. The molecule has 2 rings (SSSR count). The van der Waals surface area contributed by atoms with Crippen LogP contribution in [0.4, 0.5) is 4.79 Å². The third-order valence-electron chi connectivity index (χ3n) is 4.85. The van der Waals surface area contributed by atoms with Gasteiger partial charge in [0, 0.05) is 39.9 Å². The summed E-state index contributed by atoms with van der Waals surface area (Å²) in [6.45, 7) is 5.15. The first kappa shape index (κ1) is 16.1. The van der Waals surface area contributed by atoms with Crippen LogP contribution in [0, 0.1) is 11.3 Å². The Bertz CT molecular complexity index is 385. The second-order valence-electron chi connectivity index (χ2n) is 6.57. The Morgan fingerprint density at radius 1 is 1.29 bits per heavy atom. The Morgan fingerprint density at radius 2 is 1.86 bits per heavy atom. The van der Waals surface area contributed by atoms with Crippen molar-refractivity contribution in [2.75, 3.05) is 39.9 Å². The fourth-order valence-corrected chi connectivity index (χ4v) is 3.04. The van der Waals surface area contributed by atoms with Gasteiger partial charge < -0.3 is 19.6 Å². The second kappa shape index (κ2) is 6.64. The number of carboxylic acid groups (broad SMARTS) is 1. The summed E-state index contributed by atoms with van der Waals surface area (Å²) in [7, 11) is 1.84. The number of nitrogens with zero attached hydrogens (tertiary/aromatic N) is 2. The first-order valence-corrected chi connectivity index (χ1v) is 7.73. The normalized spacial score (nSPS) is 22.9. The Labute approximate surface area is 126 Å². The predicted molar refractivity (Wildman–Crippen MR) is 78.1 cm³/mol. The largest absolute Gasteiger partial charge is 0.481 e. The highest BCUT2D eigenvalue weighted by atomic mass is 16.5. The lowest BCUT2D eigenvalue weighted by Crippen LogP contribution is -2.50. The zero-order valence-electron chi connectivity index (χ0n) is 13.0. The molecule has 21 heavy (non-hydrogen) atoms. The number of hydrogen-bond donors (Lipinski definition) is 1. The summed E-state index contributed by atoms with van der Waals surface area (Å²) in [6, 6.07) is 0.0222. The topological polar surface area (TPSA) is 70.1 Å². The molecule has 0 radical (unpaired) electrons. The number of carbonyl (C=O) groups is 2. The molecule has 0 aromatic carbocycles. The van der Waals surface area contributed by atoms with Gasteiger partial charge in [0.15, 0.2) is 0 Å². The average molecular weight is 298 g/mol. The molecule has 0 atom stereocenters. The van der Waals surface area contributed by atoms with Crippen LogP contribution in [0.25, 0.3) is 0 Å². The Balaban J connectivity index is 1.82. The van der Waals surface area contributed by atoms with Gasteiger partial charge in [-0.15, -0.1) is 0 Å². The lowest BCUT2D eigenvalue weighted by Gasteiger charge is -2.38. The van der Waals surface area contributed by atoms with Crippen molar-refractivity contribution in [3.8, 4) is 0 Å². The molecule has 0 spiro atoms. The van der Waals surface area contributed by atoms with Crippen molar-refractivity contribution < 1.29 is 19.4 Å². The lowest BCUT2D eigenvalue weighted by atomic mass is 9.80. The lowest BCUT2D eigenvalue weighted by molar-refractivity contribution is -0.150. The van der Waals surface area contributed by atoms with Gasteiger partial charge in [-0.05, 0) is 38.5 Å². The van der Waals surface area contributed by atoms with E-state index in [1.807, 2.05) is 7.05 Å². The first-order chi connectivity index (χ1) is 9.92. The number of carboxylic acids is 1. The molecule has 6 nitrogen and oxygen atoms in total. The first-order valence-electron chi connectivity index (χ1n) is 7.73. The zero-order chi connectivity index (χ0) is 15.5. The molecule has 0 bridgehead atoms. The molecule has 120 valence electrons. The quantitative estimate of drug-likeness (QED) is 0.860. The van der Waals surface area contributed by atoms with Gasteiger partial charge in [-0.3, -0.25) is 4.79 Å². The summed E-state index contributed by atoms with van der Waals surface area (Å²) in [5, 5.41) is 9.22. The van der Waals surface area contributed by atoms with Crippen LogP contribution in [-0.2, 0) is 9.53 Å². The highest BCUT2D eigenvalue weighted by molar-refractivity contribution is 5.77. The van der Waals surface area contributed by atoms with Crippen LogP contribution in [0.3, 0.4) is 0 Å². The molecule has 2 heterocycles. The summed E-state index contributed by atoms with van der Waals surface area (Å²) < 4.78 is 5.33. The number of carbonyl (C=O) groups excluding carboxylic acids is 1. The number of hydrogen-bond acceptors (Lipinski definition) is 3. The smallest absolute Gasteiger partial charge is 0.319 e. The van der Waals surface area contributed by atoms with E-state index in [0.717, 1.165) is 32.6 Å². The molecule has 2 aliphatic rings. The number of aliphatic carboxylic acids is 1. The van der Waals surface area contributed by atoms with E-state index in [1.54, 1.807) is 16.7 Å². The highest BCUT2D eigenvalue weighted by Crippen LogP contribution is 2.31. The second-order valence-corrected chi connectivity index (χ2v) is 6.57. The van der Waals surface area contributed by atoms with Crippen LogP contribution in [-0.4, -0.2) is 66.8 Å². The molecule has 0 aromatic rings.